The maximum Gasteiger partial charge on any atom is 0.485 e. The Kier molecular flexibility index (Phi) is 1.54. The topological polar surface area (TPSA) is 69.5 Å². The molecule has 0 spiro atoms. The van der Waals surface area contributed by atoms with Crippen LogP contribution in [0.3, 0.4) is 0 Å². The third-order valence-corrected chi connectivity index (χ3v) is 3.02. The van der Waals surface area contributed by atoms with Gasteiger partial charge in [-0.05, 0) is 5.56 Å². The Morgan fingerprint density at radius 1 is 1.47 bits per heavy atom. The number of fused-ring (bicyclic) bond motifs is 3. The molecule has 0 radical (unpaired) electrons. The van der Waals surface area contributed by atoms with E-state index in [0.717, 1.165) is 11.0 Å². The molecule has 1 fully saturated rings. The van der Waals surface area contributed by atoms with Crippen molar-refractivity contribution in [2.75, 3.05) is 6.54 Å². The highest BCUT2D eigenvalue weighted by Crippen LogP contribution is 2.12. The second-order valence-corrected chi connectivity index (χ2v) is 3.89. The molecule has 0 unspecified atom stereocenters. The summed E-state index contributed by atoms with van der Waals surface area (Å²) in [6, 6.07) is 7.46. The standard InChI is InChI=1S/C9H10BN3O2/c14-9-6-11-10(15)8-4-2-1-3-7(8)5-12-13(9)10/h1-5,15H,6,11H2/t10-/m0/s1. The van der Waals surface area contributed by atoms with Gasteiger partial charge in [-0.2, -0.15) is 0 Å². The Balaban J connectivity index is 2.22. The Labute approximate surface area is 86.4 Å². The minimum absolute atomic E-state index is 0.150. The quantitative estimate of drug-likeness (QED) is 0.460. The predicted octanol–water partition coefficient (Wildman–Crippen LogP) is -2.42. The number of carbonyl (C=O) groups excluding carboxylic acids is 1. The van der Waals surface area contributed by atoms with Crippen LogP contribution in [-0.4, -0.2) is 35.2 Å². The Morgan fingerprint density at radius 2 is 2.27 bits per heavy atom. The Hall–Kier alpha value is -1.66. The van der Waals surface area contributed by atoms with Crippen molar-refractivity contribution in [3.63, 3.8) is 0 Å². The summed E-state index contributed by atoms with van der Waals surface area (Å²) >= 11 is 0. The predicted molar refractivity (Wildman–Crippen MR) is 55.3 cm³/mol. The maximum absolute atomic E-state index is 11.5. The van der Waals surface area contributed by atoms with Crippen molar-refractivity contribution in [2.24, 2.45) is 5.10 Å². The van der Waals surface area contributed by atoms with Crippen LogP contribution in [0, 0.1) is 0 Å². The van der Waals surface area contributed by atoms with Gasteiger partial charge in [0.25, 0.3) is 5.91 Å². The largest absolute Gasteiger partial charge is 0.529 e. The summed E-state index contributed by atoms with van der Waals surface area (Å²) < 4.78 is 0. The van der Waals surface area contributed by atoms with Crippen molar-refractivity contribution >= 4 is 24.2 Å². The first-order valence-electron chi connectivity index (χ1n) is 4.90. The first kappa shape index (κ1) is 8.64. The van der Waals surface area contributed by atoms with E-state index < -0.39 is 6.62 Å². The van der Waals surface area contributed by atoms with E-state index >= 15 is 0 Å². The molecule has 0 saturated carbocycles. The van der Waals surface area contributed by atoms with Crippen molar-refractivity contribution in [1.82, 2.24) is 4.92 Å². The normalized spacial score (nSPS) is 27.8. The molecule has 1 aromatic rings. The number of hydrazone groups is 1. The number of carbonyl (C=O) groups is 1. The number of amides is 1. The second-order valence-electron chi connectivity index (χ2n) is 3.89. The average Bonchev–Trinajstić information content (AvgIpc) is 2.56. The van der Waals surface area contributed by atoms with E-state index in [1.165, 1.54) is 4.92 Å². The number of nitrogens with zero attached hydrogens (tertiary/aromatic N) is 2. The number of hydrogen-bond donors (Lipinski definition) is 2. The van der Waals surface area contributed by atoms with Gasteiger partial charge in [0.2, 0.25) is 0 Å². The zero-order chi connectivity index (χ0) is 10.5. The lowest BCUT2D eigenvalue weighted by molar-refractivity contribution is -0.524. The van der Waals surface area contributed by atoms with Crippen molar-refractivity contribution in [3.8, 4) is 0 Å². The first-order valence-corrected chi connectivity index (χ1v) is 4.90. The van der Waals surface area contributed by atoms with Crippen molar-refractivity contribution in [2.45, 2.75) is 0 Å². The third-order valence-electron chi connectivity index (χ3n) is 3.02. The van der Waals surface area contributed by atoms with Gasteiger partial charge in [0, 0.05) is 6.21 Å². The average molecular weight is 203 g/mol. The summed E-state index contributed by atoms with van der Waals surface area (Å²) in [7, 11) is 0. The summed E-state index contributed by atoms with van der Waals surface area (Å²) in [6.07, 6.45) is 1.61. The number of nitrogens with two attached hydrogens (primary N) is 1. The summed E-state index contributed by atoms with van der Waals surface area (Å²) in [5.41, 5.74) is 1.65. The minimum Gasteiger partial charge on any atom is -0.529 e. The van der Waals surface area contributed by atoms with Crippen LogP contribution < -0.4 is 10.7 Å². The summed E-state index contributed by atoms with van der Waals surface area (Å²) in [5.74, 6) is -0.150. The van der Waals surface area contributed by atoms with Gasteiger partial charge in [-0.15, -0.1) is 0 Å². The van der Waals surface area contributed by atoms with Gasteiger partial charge >= 0.3 is 6.62 Å². The van der Waals surface area contributed by atoms with E-state index in [1.807, 2.05) is 24.3 Å². The lowest BCUT2D eigenvalue weighted by Gasteiger charge is -2.34. The minimum atomic E-state index is -2.06. The first-order chi connectivity index (χ1) is 7.22. The molecule has 1 atom stereocenters. The zero-order valence-electron chi connectivity index (χ0n) is 8.00. The molecule has 0 aliphatic carbocycles. The molecule has 3 rings (SSSR count). The lowest BCUT2D eigenvalue weighted by Crippen LogP contribution is -3.04. The summed E-state index contributed by atoms with van der Waals surface area (Å²) in [4.78, 5) is 12.7. The molecule has 5 nitrogen and oxygen atoms in total. The molecular weight excluding hydrogens is 193 g/mol. The molecule has 3 N–H and O–H groups in total. The molecular formula is C9H10BN3O2. The fraction of sp³-hybridized carbons (Fsp3) is 0.111. The molecule has 6 heteroatoms. The maximum atomic E-state index is 11.5. The van der Waals surface area contributed by atoms with Crippen LogP contribution in [0.15, 0.2) is 29.4 Å². The highest BCUT2D eigenvalue weighted by Gasteiger charge is 2.50. The number of benzene rings is 1. The zero-order valence-corrected chi connectivity index (χ0v) is 8.00. The monoisotopic (exact) mass is 203 g/mol. The van der Waals surface area contributed by atoms with Gasteiger partial charge in [0.05, 0.1) is 0 Å². The molecule has 76 valence electrons. The lowest BCUT2D eigenvalue weighted by atomic mass is 9.57. The fourth-order valence-corrected chi connectivity index (χ4v) is 2.24. The SMILES string of the molecule is O=C1C[NH2+][B@@-]2(O)c3ccccc3C=NN12. The van der Waals surface area contributed by atoms with E-state index in [2.05, 4.69) is 5.10 Å². The molecule has 1 aromatic carbocycles. The van der Waals surface area contributed by atoms with Gasteiger partial charge < -0.3 is 15.2 Å². The molecule has 2 aliphatic heterocycles. The smallest absolute Gasteiger partial charge is 0.485 e. The van der Waals surface area contributed by atoms with Gasteiger partial charge in [0.15, 0.2) is 0 Å². The fourth-order valence-electron chi connectivity index (χ4n) is 2.24. The van der Waals surface area contributed by atoms with Crippen LogP contribution in [0.1, 0.15) is 5.56 Å². The van der Waals surface area contributed by atoms with Crippen LogP contribution >= 0.6 is 0 Å². The van der Waals surface area contributed by atoms with Gasteiger partial charge in [-0.3, -0.25) is 4.79 Å². The molecule has 0 aromatic heterocycles. The van der Waals surface area contributed by atoms with Gasteiger partial charge in [-0.1, -0.05) is 29.7 Å². The molecule has 1 amide bonds. The number of quaternary nitrogens is 1. The van der Waals surface area contributed by atoms with Crippen molar-refractivity contribution in [3.05, 3.63) is 29.8 Å². The third kappa shape index (κ3) is 1.00. The second kappa shape index (κ2) is 2.68. The van der Waals surface area contributed by atoms with Gasteiger partial charge in [0.1, 0.15) is 6.54 Å². The molecule has 15 heavy (non-hydrogen) atoms. The van der Waals surface area contributed by atoms with E-state index in [-0.39, 0.29) is 12.5 Å². The molecule has 2 heterocycles. The summed E-state index contributed by atoms with van der Waals surface area (Å²) in [5, 5.41) is 16.1. The number of hydrogen-bond acceptors (Lipinski definition) is 3. The van der Waals surface area contributed by atoms with E-state index in [0.29, 0.717) is 0 Å². The molecule has 0 bridgehead atoms. The van der Waals surface area contributed by atoms with E-state index in [9.17, 15) is 9.82 Å². The molecule has 1 saturated heterocycles. The van der Waals surface area contributed by atoms with Gasteiger partial charge in [-0.25, -0.2) is 5.10 Å². The van der Waals surface area contributed by atoms with Crippen LogP contribution in [0.5, 0.6) is 0 Å². The highest BCUT2D eigenvalue weighted by atomic mass is 16.3. The van der Waals surface area contributed by atoms with Crippen LogP contribution in [0.25, 0.3) is 0 Å². The highest BCUT2D eigenvalue weighted by molar-refractivity contribution is 6.79. The Morgan fingerprint density at radius 3 is 3.13 bits per heavy atom. The van der Waals surface area contributed by atoms with Crippen molar-refractivity contribution < 1.29 is 15.0 Å². The van der Waals surface area contributed by atoms with Crippen molar-refractivity contribution in [1.29, 1.82) is 0 Å². The van der Waals surface area contributed by atoms with E-state index in [4.69, 9.17) is 0 Å². The molecule has 2 aliphatic rings. The van der Waals surface area contributed by atoms with Crippen LogP contribution in [-0.2, 0) is 4.79 Å². The Bertz CT molecular complexity index is 476. The van der Waals surface area contributed by atoms with Crippen LogP contribution in [0.2, 0.25) is 0 Å². The summed E-state index contributed by atoms with van der Waals surface area (Å²) in [6.45, 7) is -1.80. The van der Waals surface area contributed by atoms with Crippen LogP contribution in [0.4, 0.5) is 0 Å². The number of rotatable bonds is 0. The van der Waals surface area contributed by atoms with E-state index in [1.54, 1.807) is 11.4 Å².